The van der Waals surface area contributed by atoms with Crippen LogP contribution in [0.25, 0.3) is 0 Å². The van der Waals surface area contributed by atoms with Crippen molar-refractivity contribution >= 4 is 11.9 Å². The number of carbonyl (C=O) groups excluding carboxylic acids is 1. The van der Waals surface area contributed by atoms with Gasteiger partial charge in [0.15, 0.2) is 5.96 Å². The molecule has 5 nitrogen and oxygen atoms in total. The van der Waals surface area contributed by atoms with Crippen molar-refractivity contribution in [3.63, 3.8) is 0 Å². The molecule has 1 aromatic carbocycles. The topological polar surface area (TPSA) is 56.7 Å². The zero-order valence-electron chi connectivity index (χ0n) is 15.2. The van der Waals surface area contributed by atoms with Crippen molar-refractivity contribution in [1.82, 2.24) is 15.5 Å². The van der Waals surface area contributed by atoms with Crippen molar-refractivity contribution in [3.8, 4) is 0 Å². The van der Waals surface area contributed by atoms with Crippen molar-refractivity contribution in [2.75, 3.05) is 33.2 Å². The zero-order chi connectivity index (χ0) is 17.9. The van der Waals surface area contributed by atoms with Gasteiger partial charge in [-0.15, -0.1) is 0 Å². The van der Waals surface area contributed by atoms with Crippen LogP contribution in [0.15, 0.2) is 23.2 Å². The van der Waals surface area contributed by atoms with Gasteiger partial charge in [-0.1, -0.05) is 19.4 Å². The minimum Gasteiger partial charge on any atom is -0.357 e. The first-order valence-electron chi connectivity index (χ1n) is 8.53. The normalized spacial score (nSPS) is 11.3. The van der Waals surface area contributed by atoms with E-state index in [0.717, 1.165) is 31.9 Å². The average Bonchev–Trinajstić information content (AvgIpc) is 2.57. The molecule has 0 bridgehead atoms. The van der Waals surface area contributed by atoms with Crippen LogP contribution in [0.2, 0.25) is 0 Å². The Morgan fingerprint density at radius 1 is 1.29 bits per heavy atom. The number of rotatable bonds is 8. The van der Waals surface area contributed by atoms with Gasteiger partial charge in [0, 0.05) is 32.2 Å². The zero-order valence-corrected chi connectivity index (χ0v) is 15.2. The summed E-state index contributed by atoms with van der Waals surface area (Å²) in [5, 5.41) is 6.00. The van der Waals surface area contributed by atoms with Gasteiger partial charge in [-0.2, -0.15) is 0 Å². The van der Waals surface area contributed by atoms with Crippen LogP contribution < -0.4 is 10.6 Å². The number of halogens is 1. The fraction of sp³-hybridized carbons (Fsp3) is 0.556. The average molecular weight is 336 g/mol. The van der Waals surface area contributed by atoms with Crippen LogP contribution in [-0.2, 0) is 0 Å². The van der Waals surface area contributed by atoms with Crippen LogP contribution in [0.5, 0.6) is 0 Å². The number of guanidine groups is 1. The van der Waals surface area contributed by atoms with Crippen LogP contribution >= 0.6 is 0 Å². The maximum absolute atomic E-state index is 13.5. The van der Waals surface area contributed by atoms with Gasteiger partial charge in [0.05, 0.1) is 6.54 Å². The van der Waals surface area contributed by atoms with Gasteiger partial charge < -0.3 is 15.5 Å². The first kappa shape index (κ1) is 19.9. The minimum absolute atomic E-state index is 0.284. The second-order valence-electron chi connectivity index (χ2n) is 5.73. The van der Waals surface area contributed by atoms with E-state index >= 15 is 0 Å². The highest BCUT2D eigenvalue weighted by Crippen LogP contribution is 2.08. The Balaban J connectivity index is 2.50. The van der Waals surface area contributed by atoms with Crippen molar-refractivity contribution in [2.24, 2.45) is 4.99 Å². The molecule has 0 spiro atoms. The standard InChI is InChI=1S/C18H29FN4O/c1-5-7-12-23(4)18(20-6-2)22-11-10-21-17(24)15-9-8-14(3)16(19)13-15/h8-9,13H,5-7,10-12H2,1-4H3,(H,20,22)(H,21,24). The predicted octanol–water partition coefficient (Wildman–Crippen LogP) is 2.56. The molecule has 0 aliphatic heterocycles. The molecule has 0 radical (unpaired) electrons. The summed E-state index contributed by atoms with van der Waals surface area (Å²) in [6, 6.07) is 4.49. The minimum atomic E-state index is -0.368. The number of aryl methyl sites for hydroxylation is 1. The van der Waals surface area contributed by atoms with E-state index in [0.29, 0.717) is 24.2 Å². The summed E-state index contributed by atoms with van der Waals surface area (Å²) in [6.45, 7) is 8.46. The molecule has 0 saturated carbocycles. The maximum atomic E-state index is 13.5. The number of carbonyl (C=O) groups is 1. The largest absolute Gasteiger partial charge is 0.357 e. The maximum Gasteiger partial charge on any atom is 0.251 e. The van der Waals surface area contributed by atoms with Crippen molar-refractivity contribution in [1.29, 1.82) is 0 Å². The van der Waals surface area contributed by atoms with Gasteiger partial charge in [-0.3, -0.25) is 9.79 Å². The van der Waals surface area contributed by atoms with E-state index in [-0.39, 0.29) is 11.7 Å². The molecule has 134 valence electrons. The molecule has 6 heteroatoms. The van der Waals surface area contributed by atoms with Gasteiger partial charge in [0.25, 0.3) is 5.91 Å². The molecule has 0 unspecified atom stereocenters. The third-order valence-electron chi connectivity index (χ3n) is 3.64. The van der Waals surface area contributed by atoms with Crippen molar-refractivity contribution in [2.45, 2.75) is 33.6 Å². The number of benzene rings is 1. The van der Waals surface area contributed by atoms with Crippen molar-refractivity contribution < 1.29 is 9.18 Å². The van der Waals surface area contributed by atoms with E-state index in [1.54, 1.807) is 19.1 Å². The highest BCUT2D eigenvalue weighted by atomic mass is 19.1. The SMILES string of the molecule is CCCCN(C)C(=NCCNC(=O)c1ccc(C)c(F)c1)NCC. The van der Waals surface area contributed by atoms with Gasteiger partial charge in [-0.25, -0.2) is 4.39 Å². The van der Waals surface area contributed by atoms with Gasteiger partial charge >= 0.3 is 0 Å². The highest BCUT2D eigenvalue weighted by Gasteiger charge is 2.08. The summed E-state index contributed by atoms with van der Waals surface area (Å²) in [5.74, 6) is 0.183. The smallest absolute Gasteiger partial charge is 0.251 e. The predicted molar refractivity (Wildman–Crippen MR) is 97.0 cm³/mol. The number of unbranched alkanes of at least 4 members (excludes halogenated alkanes) is 1. The molecule has 0 aromatic heterocycles. The quantitative estimate of drug-likeness (QED) is 0.436. The number of amides is 1. The van der Waals surface area contributed by atoms with E-state index in [4.69, 9.17) is 0 Å². The third kappa shape index (κ3) is 6.56. The monoisotopic (exact) mass is 336 g/mol. The molecule has 0 aliphatic carbocycles. The molecule has 0 fully saturated rings. The lowest BCUT2D eigenvalue weighted by Gasteiger charge is -2.21. The Morgan fingerprint density at radius 3 is 2.67 bits per heavy atom. The lowest BCUT2D eigenvalue weighted by Crippen LogP contribution is -2.40. The molecule has 0 saturated heterocycles. The Labute approximate surface area is 144 Å². The molecule has 0 aliphatic rings. The van der Waals surface area contributed by atoms with Gasteiger partial charge in [0.1, 0.15) is 5.82 Å². The van der Waals surface area contributed by atoms with Crippen LogP contribution in [-0.4, -0.2) is 50.0 Å². The Morgan fingerprint density at radius 2 is 2.04 bits per heavy atom. The van der Waals surface area contributed by atoms with E-state index in [2.05, 4.69) is 27.4 Å². The second kappa shape index (κ2) is 10.6. The summed E-state index contributed by atoms with van der Waals surface area (Å²) < 4.78 is 13.5. The number of hydrogen-bond acceptors (Lipinski definition) is 2. The highest BCUT2D eigenvalue weighted by molar-refractivity contribution is 5.94. The summed E-state index contributed by atoms with van der Waals surface area (Å²) >= 11 is 0. The molecule has 2 N–H and O–H groups in total. The summed E-state index contributed by atoms with van der Waals surface area (Å²) in [5.41, 5.74) is 0.857. The third-order valence-corrected chi connectivity index (χ3v) is 3.64. The van der Waals surface area contributed by atoms with Crippen LogP contribution in [0.4, 0.5) is 4.39 Å². The Kier molecular flexibility index (Phi) is 8.83. The van der Waals surface area contributed by atoms with Gasteiger partial charge in [0.2, 0.25) is 0 Å². The van der Waals surface area contributed by atoms with Crippen molar-refractivity contribution in [3.05, 3.63) is 35.1 Å². The van der Waals surface area contributed by atoms with E-state index in [9.17, 15) is 9.18 Å². The second-order valence-corrected chi connectivity index (χ2v) is 5.73. The summed E-state index contributed by atoms with van der Waals surface area (Å²) in [4.78, 5) is 18.6. The van der Waals surface area contributed by atoms with Crippen LogP contribution in [0, 0.1) is 12.7 Å². The van der Waals surface area contributed by atoms with Gasteiger partial charge in [-0.05, 0) is 38.0 Å². The van der Waals surface area contributed by atoms with Crippen LogP contribution in [0.1, 0.15) is 42.6 Å². The molecule has 1 rings (SSSR count). The van der Waals surface area contributed by atoms with Crippen LogP contribution in [0.3, 0.4) is 0 Å². The number of aliphatic imine (C=N–C) groups is 1. The molecular weight excluding hydrogens is 307 g/mol. The molecule has 0 atom stereocenters. The van der Waals surface area contributed by atoms with E-state index in [1.807, 2.05) is 14.0 Å². The lowest BCUT2D eigenvalue weighted by atomic mass is 10.1. The number of nitrogens with one attached hydrogen (secondary N) is 2. The molecular formula is C18H29FN4O. The number of hydrogen-bond donors (Lipinski definition) is 2. The fourth-order valence-corrected chi connectivity index (χ4v) is 2.14. The Bertz CT molecular complexity index is 560. The van der Waals surface area contributed by atoms with E-state index in [1.165, 1.54) is 6.07 Å². The first-order valence-corrected chi connectivity index (χ1v) is 8.53. The first-order chi connectivity index (χ1) is 11.5. The Hall–Kier alpha value is -2.11. The van der Waals surface area contributed by atoms with E-state index < -0.39 is 0 Å². The molecule has 0 heterocycles. The summed E-state index contributed by atoms with van der Waals surface area (Å²) in [7, 11) is 2.00. The summed E-state index contributed by atoms with van der Waals surface area (Å²) in [6.07, 6.45) is 2.24. The fourth-order valence-electron chi connectivity index (χ4n) is 2.14. The molecule has 24 heavy (non-hydrogen) atoms. The molecule has 1 amide bonds. The molecule has 1 aromatic rings. The number of nitrogens with zero attached hydrogens (tertiary/aromatic N) is 2. The lowest BCUT2D eigenvalue weighted by molar-refractivity contribution is 0.0954.